The van der Waals surface area contributed by atoms with Crippen LogP contribution in [0.4, 0.5) is 0 Å². The van der Waals surface area contributed by atoms with Crippen LogP contribution < -0.4 is 5.32 Å². The first-order valence-corrected chi connectivity index (χ1v) is 34.7. The Labute approximate surface area is 481 Å². The summed E-state index contributed by atoms with van der Waals surface area (Å²) in [5.74, 6) is -0.0269. The third-order valence-corrected chi connectivity index (χ3v) is 16.2. The van der Waals surface area contributed by atoms with Gasteiger partial charge in [0.2, 0.25) is 5.91 Å². The highest BCUT2D eigenvalue weighted by molar-refractivity contribution is 5.76. The van der Waals surface area contributed by atoms with Crippen LogP contribution in [0.1, 0.15) is 380 Å². The molecule has 0 aliphatic heterocycles. The van der Waals surface area contributed by atoms with Gasteiger partial charge in [-0.2, -0.15) is 0 Å². The van der Waals surface area contributed by atoms with Crippen molar-refractivity contribution in [2.24, 2.45) is 0 Å². The van der Waals surface area contributed by atoms with Gasteiger partial charge in [-0.25, -0.2) is 0 Å². The minimum Gasteiger partial charge on any atom is -0.466 e. The third-order valence-electron chi connectivity index (χ3n) is 16.2. The SMILES string of the molecule is CCCCCC/C=C\C/C=C\CCCCCCCCCC(=O)OCCCCCCCCCCCCCC/C=C\CCCCCCCCCCCCC(=O)NC(CO)C(O)CCCCCCCCCCCCCCCCCC. The molecule has 77 heavy (non-hydrogen) atoms. The number of amides is 1. The van der Waals surface area contributed by atoms with Crippen LogP contribution in [0.25, 0.3) is 0 Å². The molecule has 0 heterocycles. The second-order valence-electron chi connectivity index (χ2n) is 23.9. The molecule has 0 saturated carbocycles. The molecule has 6 nitrogen and oxygen atoms in total. The van der Waals surface area contributed by atoms with Crippen LogP contribution in [0.5, 0.6) is 0 Å². The Morgan fingerprint density at radius 3 is 1.01 bits per heavy atom. The molecule has 0 radical (unpaired) electrons. The number of hydrogen-bond donors (Lipinski definition) is 3. The van der Waals surface area contributed by atoms with Crippen LogP contribution in [-0.4, -0.2) is 47.4 Å². The maximum Gasteiger partial charge on any atom is 0.305 e. The summed E-state index contributed by atoms with van der Waals surface area (Å²) in [6, 6.07) is -0.543. The Morgan fingerprint density at radius 1 is 0.364 bits per heavy atom. The second kappa shape index (κ2) is 66.6. The summed E-state index contributed by atoms with van der Waals surface area (Å²) in [5.41, 5.74) is 0. The molecule has 0 bridgehead atoms. The molecule has 6 heteroatoms. The molecule has 1 amide bonds. The highest BCUT2D eigenvalue weighted by atomic mass is 16.5. The molecule has 0 aliphatic rings. The maximum absolute atomic E-state index is 12.5. The normalized spacial score (nSPS) is 12.7. The first-order chi connectivity index (χ1) is 38.0. The minimum absolute atomic E-state index is 0.00742. The van der Waals surface area contributed by atoms with E-state index in [1.165, 1.54) is 295 Å². The number of rotatable bonds is 65. The lowest BCUT2D eigenvalue weighted by atomic mass is 10.0. The van der Waals surface area contributed by atoms with Gasteiger partial charge in [-0.1, -0.05) is 320 Å². The number of unbranched alkanes of at least 4 members (excludes halogenated alkanes) is 48. The van der Waals surface area contributed by atoms with Crippen molar-refractivity contribution in [1.29, 1.82) is 0 Å². The molecule has 3 N–H and O–H groups in total. The molecule has 0 spiro atoms. The van der Waals surface area contributed by atoms with E-state index in [2.05, 4.69) is 55.6 Å². The zero-order chi connectivity index (χ0) is 55.7. The van der Waals surface area contributed by atoms with Crippen molar-refractivity contribution >= 4 is 11.9 Å². The van der Waals surface area contributed by atoms with Gasteiger partial charge in [0.1, 0.15) is 0 Å². The van der Waals surface area contributed by atoms with Crippen molar-refractivity contribution in [1.82, 2.24) is 5.32 Å². The summed E-state index contributed by atoms with van der Waals surface area (Å²) >= 11 is 0. The molecule has 2 atom stereocenters. The van der Waals surface area contributed by atoms with E-state index in [0.29, 0.717) is 25.9 Å². The number of aliphatic hydroxyl groups excluding tert-OH is 2. The van der Waals surface area contributed by atoms with E-state index in [-0.39, 0.29) is 18.5 Å². The lowest BCUT2D eigenvalue weighted by molar-refractivity contribution is -0.143. The molecule has 2 unspecified atom stereocenters. The van der Waals surface area contributed by atoms with Crippen molar-refractivity contribution in [2.75, 3.05) is 13.2 Å². The van der Waals surface area contributed by atoms with Gasteiger partial charge in [0.25, 0.3) is 0 Å². The third kappa shape index (κ3) is 63.1. The fraction of sp³-hybridized carbons (Fsp3) is 0.887. The van der Waals surface area contributed by atoms with Crippen LogP contribution in [0.15, 0.2) is 36.5 Å². The molecule has 0 aromatic rings. The maximum atomic E-state index is 12.5. The monoisotopic (exact) mass is 1080 g/mol. The molecule has 0 aliphatic carbocycles. The van der Waals surface area contributed by atoms with E-state index in [4.69, 9.17) is 4.74 Å². The van der Waals surface area contributed by atoms with E-state index >= 15 is 0 Å². The minimum atomic E-state index is -0.666. The summed E-state index contributed by atoms with van der Waals surface area (Å²) < 4.78 is 5.50. The van der Waals surface area contributed by atoms with Gasteiger partial charge in [-0.15, -0.1) is 0 Å². The summed E-state index contributed by atoms with van der Waals surface area (Å²) in [5, 5.41) is 23.3. The predicted molar refractivity (Wildman–Crippen MR) is 338 cm³/mol. The molecule has 0 fully saturated rings. The van der Waals surface area contributed by atoms with Gasteiger partial charge in [0.05, 0.1) is 25.4 Å². The van der Waals surface area contributed by atoms with Crippen LogP contribution in [0.3, 0.4) is 0 Å². The number of ether oxygens (including phenoxy) is 1. The summed E-state index contributed by atoms with van der Waals surface area (Å²) in [6.45, 7) is 4.96. The Kier molecular flexibility index (Phi) is 64.9. The van der Waals surface area contributed by atoms with Crippen LogP contribution >= 0.6 is 0 Å². The average molecular weight is 1080 g/mol. The number of esters is 1. The quantitative estimate of drug-likeness (QED) is 0.0320. The van der Waals surface area contributed by atoms with Gasteiger partial charge in [0, 0.05) is 12.8 Å². The Bertz CT molecular complexity index is 1250. The lowest BCUT2D eigenvalue weighted by Gasteiger charge is -2.22. The highest BCUT2D eigenvalue weighted by Crippen LogP contribution is 2.18. The van der Waals surface area contributed by atoms with Crippen molar-refractivity contribution in [3.63, 3.8) is 0 Å². The number of hydrogen-bond acceptors (Lipinski definition) is 5. The molecule has 0 aromatic carbocycles. The van der Waals surface area contributed by atoms with Crippen molar-refractivity contribution in [3.05, 3.63) is 36.5 Å². The number of nitrogens with one attached hydrogen (secondary N) is 1. The fourth-order valence-electron chi connectivity index (χ4n) is 10.8. The van der Waals surface area contributed by atoms with Crippen LogP contribution in [0.2, 0.25) is 0 Å². The summed E-state index contributed by atoms with van der Waals surface area (Å²) in [4.78, 5) is 24.6. The Balaban J connectivity index is 3.38. The fourth-order valence-corrected chi connectivity index (χ4v) is 10.8. The van der Waals surface area contributed by atoms with Crippen molar-refractivity contribution in [2.45, 2.75) is 392 Å². The smallest absolute Gasteiger partial charge is 0.305 e. The van der Waals surface area contributed by atoms with Gasteiger partial charge in [-0.05, 0) is 83.5 Å². The van der Waals surface area contributed by atoms with Gasteiger partial charge in [-0.3, -0.25) is 9.59 Å². The highest BCUT2D eigenvalue weighted by Gasteiger charge is 2.20. The number of carbonyl (C=O) groups excluding carboxylic acids is 2. The van der Waals surface area contributed by atoms with Gasteiger partial charge in [0.15, 0.2) is 0 Å². The topological polar surface area (TPSA) is 95.9 Å². The predicted octanol–water partition coefficient (Wildman–Crippen LogP) is 22.3. The zero-order valence-electron chi connectivity index (χ0n) is 52.0. The largest absolute Gasteiger partial charge is 0.466 e. The first kappa shape index (κ1) is 75.1. The average Bonchev–Trinajstić information content (AvgIpc) is 3.43. The number of carbonyl (C=O) groups is 2. The number of aliphatic hydroxyl groups is 2. The van der Waals surface area contributed by atoms with E-state index < -0.39 is 12.1 Å². The zero-order valence-corrected chi connectivity index (χ0v) is 52.0. The molecule has 0 saturated heterocycles. The molecular formula is C71H135NO5. The Hall–Kier alpha value is -1.92. The first-order valence-electron chi connectivity index (χ1n) is 34.7. The second-order valence-corrected chi connectivity index (χ2v) is 23.9. The Morgan fingerprint density at radius 2 is 0.649 bits per heavy atom. The van der Waals surface area contributed by atoms with Gasteiger partial charge >= 0.3 is 5.97 Å². The van der Waals surface area contributed by atoms with E-state index in [0.717, 1.165) is 51.4 Å². The van der Waals surface area contributed by atoms with Crippen molar-refractivity contribution in [3.8, 4) is 0 Å². The summed E-state index contributed by atoms with van der Waals surface area (Å²) in [7, 11) is 0. The molecule has 0 aromatic heterocycles. The van der Waals surface area contributed by atoms with Crippen LogP contribution in [-0.2, 0) is 14.3 Å². The van der Waals surface area contributed by atoms with E-state index in [1.54, 1.807) is 0 Å². The van der Waals surface area contributed by atoms with Crippen LogP contribution in [0, 0.1) is 0 Å². The van der Waals surface area contributed by atoms with E-state index in [1.807, 2.05) is 0 Å². The lowest BCUT2D eigenvalue weighted by Crippen LogP contribution is -2.45. The van der Waals surface area contributed by atoms with Crippen molar-refractivity contribution < 1.29 is 24.5 Å². The van der Waals surface area contributed by atoms with E-state index in [9.17, 15) is 19.8 Å². The standard InChI is InChI=1S/C71H135NO5/c1-3-5-7-9-11-13-15-17-19-21-33-37-41-45-49-53-57-61-65-71(76)77-66-62-58-54-50-46-42-38-34-31-29-27-25-23-22-24-26-28-30-32-36-40-44-48-52-56-60-64-70(75)72-68(67-73)69(74)63-59-55-51-47-43-39-35-20-18-16-14-12-10-8-6-4-2/h13,15,19,21-22,24,68-69,73-74H,3-12,14,16-18,20,23,25-67H2,1-2H3,(H,72,75)/b15-13-,21-19-,24-22-. The molecule has 0 rings (SSSR count). The van der Waals surface area contributed by atoms with Gasteiger partial charge < -0.3 is 20.3 Å². The molecule has 454 valence electrons. The summed E-state index contributed by atoms with van der Waals surface area (Å²) in [6.07, 6.45) is 84.7. The molecular weight excluding hydrogens is 947 g/mol. The number of allylic oxidation sites excluding steroid dienone is 6.